The van der Waals surface area contributed by atoms with Crippen LogP contribution in [0, 0.1) is 0 Å². The van der Waals surface area contributed by atoms with Crippen molar-refractivity contribution in [2.45, 2.75) is 12.6 Å². The van der Waals surface area contributed by atoms with Gasteiger partial charge in [0.15, 0.2) is 6.61 Å². The highest BCUT2D eigenvalue weighted by molar-refractivity contribution is 5.91. The fraction of sp³-hybridized carbons (Fsp3) is 0.308. The Morgan fingerprint density at radius 2 is 2.00 bits per heavy atom. The molecule has 2 amide bonds. The third kappa shape index (κ3) is 5.49. The minimum absolute atomic E-state index is 0.141. The number of halogens is 3. The molecule has 3 N–H and O–H groups in total. The summed E-state index contributed by atoms with van der Waals surface area (Å²) in [7, 11) is 0. The summed E-state index contributed by atoms with van der Waals surface area (Å²) in [6.07, 6.45) is -5.97. The Morgan fingerprint density at radius 1 is 1.26 bits per heavy atom. The van der Waals surface area contributed by atoms with Gasteiger partial charge in [0.2, 0.25) is 11.9 Å². The van der Waals surface area contributed by atoms with Crippen LogP contribution in [0.25, 0.3) is 11.0 Å². The number of carbonyl (C=O) groups is 2. The van der Waals surface area contributed by atoms with Crippen LogP contribution in [0.3, 0.4) is 0 Å². The summed E-state index contributed by atoms with van der Waals surface area (Å²) in [5.74, 6) is -0.212. The van der Waals surface area contributed by atoms with E-state index in [0.717, 1.165) is 5.52 Å². The van der Waals surface area contributed by atoms with Crippen molar-refractivity contribution in [3.8, 4) is 0 Å². The number of alkyl carbamates (subject to hydrolysis) is 1. The molecule has 0 spiro atoms. The average Bonchev–Trinajstić information content (AvgIpc) is 2.86. The molecule has 10 heteroatoms. The molecule has 0 aliphatic carbocycles. The van der Waals surface area contributed by atoms with E-state index in [1.165, 1.54) is 0 Å². The number of aromatic nitrogens is 2. The predicted molar refractivity (Wildman–Crippen MR) is 74.7 cm³/mol. The largest absolute Gasteiger partial charge is 0.440 e. The van der Waals surface area contributed by atoms with E-state index in [9.17, 15) is 22.8 Å². The van der Waals surface area contributed by atoms with Gasteiger partial charge < -0.3 is 15.0 Å². The molecule has 0 fully saturated rings. The van der Waals surface area contributed by atoms with Crippen LogP contribution in [0.5, 0.6) is 0 Å². The maximum Gasteiger partial charge on any atom is 0.422 e. The lowest BCUT2D eigenvalue weighted by Crippen LogP contribution is -2.31. The lowest BCUT2D eigenvalue weighted by Gasteiger charge is -2.08. The normalized spacial score (nSPS) is 11.3. The van der Waals surface area contributed by atoms with Crippen molar-refractivity contribution in [1.29, 1.82) is 0 Å². The van der Waals surface area contributed by atoms with Crippen molar-refractivity contribution in [1.82, 2.24) is 15.3 Å². The van der Waals surface area contributed by atoms with E-state index in [1.807, 2.05) is 11.4 Å². The number of fused-ring (bicyclic) bond motifs is 1. The summed E-state index contributed by atoms with van der Waals surface area (Å²) in [6, 6.07) is 7.16. The summed E-state index contributed by atoms with van der Waals surface area (Å²) in [5, 5.41) is 4.53. The van der Waals surface area contributed by atoms with Crippen LogP contribution < -0.4 is 10.6 Å². The molecule has 0 aliphatic heterocycles. The Kier molecular flexibility index (Phi) is 5.04. The number of ether oxygens (including phenoxy) is 1. The van der Waals surface area contributed by atoms with Gasteiger partial charge in [-0.1, -0.05) is 12.1 Å². The highest BCUT2D eigenvalue weighted by Crippen LogP contribution is 2.14. The van der Waals surface area contributed by atoms with Crippen molar-refractivity contribution < 1.29 is 27.5 Å². The molecule has 124 valence electrons. The Labute approximate surface area is 128 Å². The van der Waals surface area contributed by atoms with E-state index < -0.39 is 24.8 Å². The number of para-hydroxylation sites is 2. The van der Waals surface area contributed by atoms with E-state index >= 15 is 0 Å². The molecule has 1 aromatic heterocycles. The van der Waals surface area contributed by atoms with E-state index in [2.05, 4.69) is 20.0 Å². The summed E-state index contributed by atoms with van der Waals surface area (Å²) in [4.78, 5) is 29.6. The molecule has 23 heavy (non-hydrogen) atoms. The average molecular weight is 330 g/mol. The minimum atomic E-state index is -4.59. The Bertz CT molecular complexity index is 666. The number of rotatable bonds is 5. The van der Waals surface area contributed by atoms with Crippen LogP contribution in [-0.2, 0) is 9.53 Å². The quantitative estimate of drug-likeness (QED) is 0.783. The van der Waals surface area contributed by atoms with Crippen molar-refractivity contribution in [2.75, 3.05) is 18.5 Å². The third-order valence-electron chi connectivity index (χ3n) is 2.64. The first-order valence-electron chi connectivity index (χ1n) is 6.55. The predicted octanol–water partition coefficient (Wildman–Crippen LogP) is 2.18. The van der Waals surface area contributed by atoms with Crippen molar-refractivity contribution in [2.24, 2.45) is 0 Å². The van der Waals surface area contributed by atoms with Crippen LogP contribution in [-0.4, -0.2) is 41.3 Å². The number of nitrogens with one attached hydrogen (secondary N) is 3. The zero-order valence-electron chi connectivity index (χ0n) is 11.7. The third-order valence-corrected chi connectivity index (χ3v) is 2.64. The molecule has 2 aromatic rings. The fourth-order valence-corrected chi connectivity index (χ4v) is 1.68. The number of alkyl halides is 3. The number of carbonyl (C=O) groups excluding carboxylic acids is 2. The second-order valence-corrected chi connectivity index (χ2v) is 4.52. The first kappa shape index (κ1) is 16.6. The maximum atomic E-state index is 11.8. The number of hydrogen-bond acceptors (Lipinski definition) is 4. The Balaban J connectivity index is 1.72. The van der Waals surface area contributed by atoms with Crippen LogP contribution in [0.1, 0.15) is 6.42 Å². The van der Waals surface area contributed by atoms with Gasteiger partial charge in [0.25, 0.3) is 0 Å². The molecular formula is C13H13F3N4O3. The molecular weight excluding hydrogens is 317 g/mol. The number of nitrogens with zero attached hydrogens (tertiary/aromatic N) is 1. The molecule has 0 aliphatic rings. The van der Waals surface area contributed by atoms with Gasteiger partial charge in [0, 0.05) is 13.0 Å². The minimum Gasteiger partial charge on any atom is -0.440 e. The van der Waals surface area contributed by atoms with Gasteiger partial charge in [0.05, 0.1) is 11.0 Å². The number of amides is 2. The number of anilines is 1. The monoisotopic (exact) mass is 330 g/mol. The highest BCUT2D eigenvalue weighted by Gasteiger charge is 2.29. The molecule has 0 saturated carbocycles. The molecule has 0 radical (unpaired) electrons. The summed E-state index contributed by atoms with van der Waals surface area (Å²) < 4.78 is 39.4. The molecule has 7 nitrogen and oxygen atoms in total. The molecule has 1 heterocycles. The van der Waals surface area contributed by atoms with Crippen LogP contribution in [0.15, 0.2) is 24.3 Å². The van der Waals surface area contributed by atoms with Gasteiger partial charge in [-0.2, -0.15) is 13.2 Å². The molecule has 0 atom stereocenters. The fourth-order valence-electron chi connectivity index (χ4n) is 1.68. The smallest absolute Gasteiger partial charge is 0.422 e. The number of aromatic amines is 1. The van der Waals surface area contributed by atoms with Crippen LogP contribution in [0.4, 0.5) is 23.9 Å². The van der Waals surface area contributed by atoms with E-state index in [4.69, 9.17) is 0 Å². The van der Waals surface area contributed by atoms with Gasteiger partial charge >= 0.3 is 12.3 Å². The Hall–Kier alpha value is -2.78. The van der Waals surface area contributed by atoms with Crippen molar-refractivity contribution >= 4 is 29.0 Å². The lowest BCUT2D eigenvalue weighted by atomic mass is 10.3. The second-order valence-electron chi connectivity index (χ2n) is 4.52. The number of hydrogen-bond donors (Lipinski definition) is 3. The van der Waals surface area contributed by atoms with E-state index in [-0.39, 0.29) is 18.9 Å². The van der Waals surface area contributed by atoms with Gasteiger partial charge in [-0.05, 0) is 12.1 Å². The lowest BCUT2D eigenvalue weighted by molar-refractivity contribution is -0.160. The standard InChI is InChI=1S/C13H13F3N4O3/c14-13(15,16)7-23-12(22)17-6-5-10(21)20-11-18-8-3-1-2-4-9(8)19-11/h1-4H,5-7H2,(H,17,22)(H2,18,19,20,21). The maximum absolute atomic E-state index is 11.8. The number of imidazole rings is 1. The summed E-state index contributed by atoms with van der Waals surface area (Å²) >= 11 is 0. The number of benzene rings is 1. The molecule has 1 aromatic carbocycles. The van der Waals surface area contributed by atoms with Crippen LogP contribution in [0.2, 0.25) is 0 Å². The zero-order chi connectivity index (χ0) is 16.9. The van der Waals surface area contributed by atoms with Crippen molar-refractivity contribution in [3.05, 3.63) is 24.3 Å². The SMILES string of the molecule is O=C(CCNC(=O)OCC(F)(F)F)Nc1nc2ccccc2[nH]1. The van der Waals surface area contributed by atoms with Crippen molar-refractivity contribution in [3.63, 3.8) is 0 Å². The number of H-pyrrole nitrogens is 1. The summed E-state index contributed by atoms with van der Waals surface area (Å²) in [6.45, 7) is -1.84. The second kappa shape index (κ2) is 6.99. The molecule has 0 saturated heterocycles. The Morgan fingerprint density at radius 3 is 2.70 bits per heavy atom. The van der Waals surface area contributed by atoms with Crippen LogP contribution >= 0.6 is 0 Å². The first-order valence-corrected chi connectivity index (χ1v) is 6.55. The first-order chi connectivity index (χ1) is 10.8. The molecule has 0 bridgehead atoms. The van der Waals surface area contributed by atoms with Gasteiger partial charge in [0.1, 0.15) is 0 Å². The van der Waals surface area contributed by atoms with E-state index in [0.29, 0.717) is 5.52 Å². The highest BCUT2D eigenvalue weighted by atomic mass is 19.4. The summed E-state index contributed by atoms with van der Waals surface area (Å²) in [5.41, 5.74) is 1.42. The molecule has 0 unspecified atom stereocenters. The molecule has 2 rings (SSSR count). The zero-order valence-corrected chi connectivity index (χ0v) is 11.7. The van der Waals surface area contributed by atoms with E-state index in [1.54, 1.807) is 18.2 Å². The topological polar surface area (TPSA) is 96.1 Å². The van der Waals surface area contributed by atoms with Gasteiger partial charge in [-0.15, -0.1) is 0 Å². The van der Waals surface area contributed by atoms with Gasteiger partial charge in [-0.25, -0.2) is 9.78 Å². The van der Waals surface area contributed by atoms with Gasteiger partial charge in [-0.3, -0.25) is 10.1 Å².